The molecule has 112 valence electrons. The summed E-state index contributed by atoms with van der Waals surface area (Å²) < 4.78 is 5.64. The second-order valence-corrected chi connectivity index (χ2v) is 5.44. The number of aliphatic carboxylic acids is 1. The number of halogens is 1. The Morgan fingerprint density at radius 3 is 2.75 bits per heavy atom. The summed E-state index contributed by atoms with van der Waals surface area (Å²) in [5, 5.41) is 12.6. The predicted molar refractivity (Wildman–Crippen MR) is 80.6 cm³/mol. The maximum atomic E-state index is 10.7. The monoisotopic (exact) mass is 299 g/mol. The van der Waals surface area contributed by atoms with E-state index in [0.717, 1.165) is 29.2 Å². The van der Waals surface area contributed by atoms with Gasteiger partial charge in [0.1, 0.15) is 11.8 Å². The van der Waals surface area contributed by atoms with Crippen LogP contribution in [0.15, 0.2) is 18.2 Å². The lowest BCUT2D eigenvalue weighted by Gasteiger charge is -2.17. The molecule has 0 fully saturated rings. The highest BCUT2D eigenvalue weighted by Gasteiger charge is 2.13. The Balaban J connectivity index is 2.24. The quantitative estimate of drug-likeness (QED) is 0.723. The van der Waals surface area contributed by atoms with E-state index in [4.69, 9.17) is 21.4 Å². The Hall–Kier alpha value is -1.26. The van der Waals surface area contributed by atoms with E-state index < -0.39 is 12.0 Å². The highest BCUT2D eigenvalue weighted by atomic mass is 35.5. The van der Waals surface area contributed by atoms with Gasteiger partial charge in [-0.05, 0) is 57.4 Å². The number of hydrogen-bond acceptors (Lipinski definition) is 3. The fourth-order valence-electron chi connectivity index (χ4n) is 1.87. The molecule has 0 bridgehead atoms. The van der Waals surface area contributed by atoms with Gasteiger partial charge in [0, 0.05) is 11.1 Å². The van der Waals surface area contributed by atoms with Gasteiger partial charge in [0.15, 0.2) is 0 Å². The van der Waals surface area contributed by atoms with Gasteiger partial charge in [-0.15, -0.1) is 0 Å². The summed E-state index contributed by atoms with van der Waals surface area (Å²) >= 11 is 5.95. The van der Waals surface area contributed by atoms with Crippen LogP contribution in [0.2, 0.25) is 5.02 Å². The molecule has 0 aliphatic rings. The zero-order chi connectivity index (χ0) is 15.1. The molecule has 0 saturated carbocycles. The van der Waals surface area contributed by atoms with Crippen LogP contribution in [-0.2, 0) is 4.79 Å². The normalized spacial score (nSPS) is 13.8. The lowest BCUT2D eigenvalue weighted by Crippen LogP contribution is -2.39. The van der Waals surface area contributed by atoms with Gasteiger partial charge in [-0.3, -0.25) is 4.79 Å². The average molecular weight is 300 g/mol. The van der Waals surface area contributed by atoms with Crippen LogP contribution in [0.1, 0.15) is 32.3 Å². The first-order valence-corrected chi connectivity index (χ1v) is 7.15. The Labute approximate surface area is 125 Å². The first-order valence-electron chi connectivity index (χ1n) is 6.78. The van der Waals surface area contributed by atoms with E-state index in [1.165, 1.54) is 0 Å². The van der Waals surface area contributed by atoms with Crippen molar-refractivity contribution in [3.05, 3.63) is 28.8 Å². The van der Waals surface area contributed by atoms with Gasteiger partial charge in [-0.1, -0.05) is 11.6 Å². The number of rotatable bonds is 8. The van der Waals surface area contributed by atoms with E-state index in [1.807, 2.05) is 32.0 Å². The number of carboxylic acid groups (broad SMARTS) is 1. The largest absolute Gasteiger partial charge is 0.494 e. The molecule has 1 rings (SSSR count). The minimum Gasteiger partial charge on any atom is -0.494 e. The minimum atomic E-state index is -0.829. The summed E-state index contributed by atoms with van der Waals surface area (Å²) in [6.07, 6.45) is 1.73. The van der Waals surface area contributed by atoms with E-state index in [-0.39, 0.29) is 6.04 Å². The minimum absolute atomic E-state index is 0.150. The fourth-order valence-corrected chi connectivity index (χ4v) is 1.99. The van der Waals surface area contributed by atoms with E-state index in [1.54, 1.807) is 6.92 Å². The molecule has 1 aromatic carbocycles. The van der Waals surface area contributed by atoms with Crippen molar-refractivity contribution in [2.24, 2.45) is 0 Å². The summed E-state index contributed by atoms with van der Waals surface area (Å²) in [6, 6.07) is 5.21. The first kappa shape index (κ1) is 16.8. The Morgan fingerprint density at radius 2 is 2.15 bits per heavy atom. The smallest absolute Gasteiger partial charge is 0.320 e. The van der Waals surface area contributed by atoms with Gasteiger partial charge in [0.25, 0.3) is 0 Å². The Kier molecular flexibility index (Phi) is 6.82. The average Bonchev–Trinajstić information content (AvgIpc) is 2.38. The molecule has 0 spiro atoms. The number of carbonyl (C=O) groups is 1. The van der Waals surface area contributed by atoms with E-state index in [0.29, 0.717) is 6.61 Å². The molecular formula is C15H22ClNO3. The van der Waals surface area contributed by atoms with Crippen LogP contribution < -0.4 is 10.1 Å². The summed E-state index contributed by atoms with van der Waals surface area (Å²) in [4.78, 5) is 10.7. The summed E-state index contributed by atoms with van der Waals surface area (Å²) in [5.41, 5.74) is 0.995. The molecular weight excluding hydrogens is 278 g/mol. The van der Waals surface area contributed by atoms with Crippen molar-refractivity contribution in [3.63, 3.8) is 0 Å². The third kappa shape index (κ3) is 5.80. The number of aryl methyl sites for hydroxylation is 1. The van der Waals surface area contributed by atoms with E-state index in [2.05, 4.69) is 5.32 Å². The number of benzene rings is 1. The molecule has 5 heteroatoms. The van der Waals surface area contributed by atoms with E-state index >= 15 is 0 Å². The lowest BCUT2D eigenvalue weighted by molar-refractivity contribution is -0.139. The van der Waals surface area contributed by atoms with Gasteiger partial charge < -0.3 is 15.2 Å². The number of ether oxygens (including phenoxy) is 1. The third-order valence-corrected chi connectivity index (χ3v) is 3.51. The van der Waals surface area contributed by atoms with Crippen molar-refractivity contribution >= 4 is 17.6 Å². The van der Waals surface area contributed by atoms with Gasteiger partial charge in [-0.2, -0.15) is 0 Å². The summed E-state index contributed by atoms with van der Waals surface area (Å²) in [6.45, 7) is 6.17. The molecule has 0 radical (unpaired) electrons. The van der Waals surface area contributed by atoms with Crippen molar-refractivity contribution in [1.29, 1.82) is 0 Å². The molecule has 4 nitrogen and oxygen atoms in total. The van der Waals surface area contributed by atoms with Crippen LogP contribution >= 0.6 is 11.6 Å². The highest BCUT2D eigenvalue weighted by Crippen LogP contribution is 2.21. The topological polar surface area (TPSA) is 58.6 Å². The van der Waals surface area contributed by atoms with Crippen molar-refractivity contribution < 1.29 is 14.6 Å². The maximum Gasteiger partial charge on any atom is 0.320 e. The Bertz CT molecular complexity index is 451. The van der Waals surface area contributed by atoms with Crippen LogP contribution in [0.25, 0.3) is 0 Å². The summed E-state index contributed by atoms with van der Waals surface area (Å²) in [5.74, 6) is -0.0174. The molecule has 0 heterocycles. The van der Waals surface area contributed by atoms with Crippen LogP contribution in [0, 0.1) is 6.92 Å². The molecule has 0 amide bonds. The molecule has 0 aliphatic carbocycles. The zero-order valence-corrected chi connectivity index (χ0v) is 12.9. The van der Waals surface area contributed by atoms with Gasteiger partial charge in [0.2, 0.25) is 0 Å². The van der Waals surface area contributed by atoms with Crippen molar-refractivity contribution in [1.82, 2.24) is 5.32 Å². The van der Waals surface area contributed by atoms with Crippen molar-refractivity contribution in [3.8, 4) is 5.75 Å². The second-order valence-electron chi connectivity index (χ2n) is 5.03. The highest BCUT2D eigenvalue weighted by molar-refractivity contribution is 6.31. The lowest BCUT2D eigenvalue weighted by atomic mass is 10.1. The van der Waals surface area contributed by atoms with Gasteiger partial charge in [-0.25, -0.2) is 0 Å². The molecule has 20 heavy (non-hydrogen) atoms. The SMILES string of the molecule is Cc1cc(OCCCC(C)N[C@H](C)C(=O)O)ccc1Cl. The third-order valence-electron chi connectivity index (χ3n) is 3.08. The molecule has 1 aromatic rings. The fraction of sp³-hybridized carbons (Fsp3) is 0.533. The molecule has 1 unspecified atom stereocenters. The van der Waals surface area contributed by atoms with Crippen LogP contribution in [0.5, 0.6) is 5.75 Å². The van der Waals surface area contributed by atoms with Gasteiger partial charge >= 0.3 is 5.97 Å². The number of hydrogen-bond donors (Lipinski definition) is 2. The molecule has 0 saturated heterocycles. The molecule has 2 N–H and O–H groups in total. The standard InChI is InChI=1S/C15H22ClNO3/c1-10-9-13(6-7-14(10)16)20-8-4-5-11(2)17-12(3)15(18)19/h6-7,9,11-12,17H,4-5,8H2,1-3H3,(H,18,19)/t11?,12-/m1/s1. The number of nitrogens with one attached hydrogen (secondary N) is 1. The zero-order valence-electron chi connectivity index (χ0n) is 12.1. The molecule has 0 aliphatic heterocycles. The Morgan fingerprint density at radius 1 is 1.45 bits per heavy atom. The predicted octanol–water partition coefficient (Wildman–Crippen LogP) is 3.26. The van der Waals surface area contributed by atoms with Crippen LogP contribution in [0.3, 0.4) is 0 Å². The van der Waals surface area contributed by atoms with Crippen LogP contribution in [-0.4, -0.2) is 29.8 Å². The second kappa shape index (κ2) is 8.12. The first-order chi connectivity index (χ1) is 9.40. The van der Waals surface area contributed by atoms with Crippen molar-refractivity contribution in [2.75, 3.05) is 6.61 Å². The van der Waals surface area contributed by atoms with Crippen LogP contribution in [0.4, 0.5) is 0 Å². The van der Waals surface area contributed by atoms with Crippen molar-refractivity contribution in [2.45, 2.75) is 45.7 Å². The molecule has 0 aromatic heterocycles. The van der Waals surface area contributed by atoms with Gasteiger partial charge in [0.05, 0.1) is 6.61 Å². The number of carboxylic acids is 1. The summed E-state index contributed by atoms with van der Waals surface area (Å²) in [7, 11) is 0. The maximum absolute atomic E-state index is 10.7. The molecule has 2 atom stereocenters. The van der Waals surface area contributed by atoms with E-state index in [9.17, 15) is 4.79 Å².